The molecule has 4 aromatic rings. The largest absolute Gasteiger partial charge is 0.368 e. The normalized spacial score (nSPS) is 14.0. The van der Waals surface area contributed by atoms with Gasteiger partial charge in [0.25, 0.3) is 11.7 Å². The van der Waals surface area contributed by atoms with Crippen molar-refractivity contribution in [3.05, 3.63) is 101 Å². The highest BCUT2D eigenvalue weighted by molar-refractivity contribution is 6.45. The van der Waals surface area contributed by atoms with Gasteiger partial charge in [-0.3, -0.25) is 9.59 Å². The van der Waals surface area contributed by atoms with Crippen LogP contribution >= 0.6 is 11.6 Å². The number of benzene rings is 3. The van der Waals surface area contributed by atoms with E-state index in [1.165, 1.54) is 0 Å². The second kappa shape index (κ2) is 9.12. The standard InChI is InChI=1S/C27H24ClN3O2/c28-24-12-6-4-8-20(24)18-31-19-23(22-11-5-7-13-25(22)31)26(32)27(33)30-16-14-29(15-17-30)21-9-2-1-3-10-21/h1-13,19H,14-18H2. The number of para-hydroxylation sites is 2. The molecule has 166 valence electrons. The van der Waals surface area contributed by atoms with Crippen molar-refractivity contribution < 1.29 is 9.59 Å². The van der Waals surface area contributed by atoms with Crippen LogP contribution in [0.25, 0.3) is 10.9 Å². The molecule has 1 aliphatic heterocycles. The quantitative estimate of drug-likeness (QED) is 0.317. The van der Waals surface area contributed by atoms with Gasteiger partial charge in [-0.1, -0.05) is 66.2 Å². The first-order valence-corrected chi connectivity index (χ1v) is 11.4. The fourth-order valence-corrected chi connectivity index (χ4v) is 4.63. The number of anilines is 1. The third-order valence-electron chi connectivity index (χ3n) is 6.21. The number of hydrogen-bond acceptors (Lipinski definition) is 3. The van der Waals surface area contributed by atoms with Crippen LogP contribution in [-0.2, 0) is 11.3 Å². The molecule has 3 aromatic carbocycles. The monoisotopic (exact) mass is 457 g/mol. The Balaban J connectivity index is 1.36. The summed E-state index contributed by atoms with van der Waals surface area (Å²) in [5, 5.41) is 1.46. The molecule has 33 heavy (non-hydrogen) atoms. The summed E-state index contributed by atoms with van der Waals surface area (Å²) in [7, 11) is 0. The third-order valence-corrected chi connectivity index (χ3v) is 6.58. The molecular formula is C27H24ClN3O2. The highest BCUT2D eigenvalue weighted by atomic mass is 35.5. The van der Waals surface area contributed by atoms with Crippen LogP contribution in [0.2, 0.25) is 5.02 Å². The molecule has 0 N–H and O–H groups in total. The minimum absolute atomic E-state index is 0.438. The molecule has 0 radical (unpaired) electrons. The van der Waals surface area contributed by atoms with E-state index in [1.54, 1.807) is 11.1 Å². The average Bonchev–Trinajstić information content (AvgIpc) is 3.23. The Kier molecular flexibility index (Phi) is 5.88. The predicted octanol–water partition coefficient (Wildman–Crippen LogP) is 4.87. The first-order valence-electron chi connectivity index (χ1n) is 11.1. The van der Waals surface area contributed by atoms with Crippen molar-refractivity contribution in [3.63, 3.8) is 0 Å². The number of fused-ring (bicyclic) bond motifs is 1. The van der Waals surface area contributed by atoms with Gasteiger partial charge in [-0.15, -0.1) is 0 Å². The van der Waals surface area contributed by atoms with E-state index in [2.05, 4.69) is 17.0 Å². The van der Waals surface area contributed by atoms with Crippen LogP contribution in [0.4, 0.5) is 5.69 Å². The highest BCUT2D eigenvalue weighted by Gasteiger charge is 2.29. The minimum atomic E-state index is -0.461. The zero-order chi connectivity index (χ0) is 22.8. The van der Waals surface area contributed by atoms with Gasteiger partial charge in [0.05, 0.1) is 5.56 Å². The predicted molar refractivity (Wildman–Crippen MR) is 132 cm³/mol. The summed E-state index contributed by atoms with van der Waals surface area (Å²) < 4.78 is 1.99. The Morgan fingerprint density at radius 2 is 1.45 bits per heavy atom. The summed E-state index contributed by atoms with van der Waals surface area (Å²) in [5.41, 5.74) is 3.44. The molecule has 1 amide bonds. The van der Waals surface area contributed by atoms with Gasteiger partial charge >= 0.3 is 0 Å². The third kappa shape index (κ3) is 4.24. The van der Waals surface area contributed by atoms with Gasteiger partial charge in [0.15, 0.2) is 0 Å². The van der Waals surface area contributed by atoms with E-state index >= 15 is 0 Å². The maximum Gasteiger partial charge on any atom is 0.295 e. The van der Waals surface area contributed by atoms with Crippen molar-refractivity contribution in [1.82, 2.24) is 9.47 Å². The molecular weight excluding hydrogens is 434 g/mol. The van der Waals surface area contributed by atoms with Crippen molar-refractivity contribution in [3.8, 4) is 0 Å². The molecule has 1 fully saturated rings. The zero-order valence-electron chi connectivity index (χ0n) is 18.2. The lowest BCUT2D eigenvalue weighted by Gasteiger charge is -2.35. The lowest BCUT2D eigenvalue weighted by Crippen LogP contribution is -2.50. The maximum absolute atomic E-state index is 13.3. The number of halogens is 1. The van der Waals surface area contributed by atoms with Gasteiger partial charge in [-0.2, -0.15) is 0 Å². The molecule has 1 saturated heterocycles. The SMILES string of the molecule is O=C(C(=O)N1CCN(c2ccccc2)CC1)c1cn(Cc2ccccc2Cl)c2ccccc12. The topological polar surface area (TPSA) is 45.6 Å². The highest BCUT2D eigenvalue weighted by Crippen LogP contribution is 2.26. The van der Waals surface area contributed by atoms with Gasteiger partial charge in [-0.25, -0.2) is 0 Å². The number of carbonyl (C=O) groups is 2. The van der Waals surface area contributed by atoms with E-state index in [4.69, 9.17) is 11.6 Å². The minimum Gasteiger partial charge on any atom is -0.368 e. The molecule has 5 rings (SSSR count). The lowest BCUT2D eigenvalue weighted by atomic mass is 10.1. The fourth-order valence-electron chi connectivity index (χ4n) is 4.43. The number of piperazine rings is 1. The van der Waals surface area contributed by atoms with Crippen molar-refractivity contribution in [2.75, 3.05) is 31.1 Å². The van der Waals surface area contributed by atoms with Crippen LogP contribution in [0.1, 0.15) is 15.9 Å². The van der Waals surface area contributed by atoms with Gasteiger partial charge < -0.3 is 14.4 Å². The van der Waals surface area contributed by atoms with Crippen molar-refractivity contribution in [2.24, 2.45) is 0 Å². The number of carbonyl (C=O) groups excluding carboxylic acids is 2. The lowest BCUT2D eigenvalue weighted by molar-refractivity contribution is -0.126. The summed E-state index contributed by atoms with van der Waals surface area (Å²) in [6.07, 6.45) is 1.79. The van der Waals surface area contributed by atoms with Crippen LogP contribution in [-0.4, -0.2) is 47.3 Å². The molecule has 0 saturated carbocycles. The first-order chi connectivity index (χ1) is 16.1. The molecule has 0 spiro atoms. The second-order valence-corrected chi connectivity index (χ2v) is 8.63. The second-order valence-electron chi connectivity index (χ2n) is 8.22. The molecule has 0 aliphatic carbocycles. The summed E-state index contributed by atoms with van der Waals surface area (Å²) in [6.45, 7) is 2.99. The summed E-state index contributed by atoms with van der Waals surface area (Å²) in [5.74, 6) is -0.902. The Morgan fingerprint density at radius 3 is 2.21 bits per heavy atom. The smallest absolute Gasteiger partial charge is 0.295 e. The molecule has 0 atom stereocenters. The summed E-state index contributed by atoms with van der Waals surface area (Å²) >= 11 is 6.36. The van der Waals surface area contributed by atoms with E-state index in [9.17, 15) is 9.59 Å². The molecule has 1 aliphatic rings. The van der Waals surface area contributed by atoms with E-state index in [0.29, 0.717) is 43.3 Å². The number of hydrogen-bond donors (Lipinski definition) is 0. The van der Waals surface area contributed by atoms with E-state index in [0.717, 1.165) is 22.2 Å². The molecule has 5 nitrogen and oxygen atoms in total. The molecule has 6 heteroatoms. The van der Waals surface area contributed by atoms with Crippen LogP contribution in [0.3, 0.4) is 0 Å². The van der Waals surface area contributed by atoms with Gasteiger partial charge in [0.1, 0.15) is 0 Å². The van der Waals surface area contributed by atoms with E-state index < -0.39 is 11.7 Å². The van der Waals surface area contributed by atoms with Crippen molar-refractivity contribution in [2.45, 2.75) is 6.54 Å². The zero-order valence-corrected chi connectivity index (χ0v) is 18.9. The maximum atomic E-state index is 13.3. The van der Waals surface area contributed by atoms with Gasteiger partial charge in [-0.05, 0) is 29.8 Å². The van der Waals surface area contributed by atoms with Gasteiger partial charge in [0, 0.05) is 60.5 Å². The molecule has 0 unspecified atom stereocenters. The number of rotatable bonds is 5. The van der Waals surface area contributed by atoms with Crippen molar-refractivity contribution in [1.29, 1.82) is 0 Å². The Morgan fingerprint density at radius 1 is 0.788 bits per heavy atom. The number of aromatic nitrogens is 1. The first kappa shape index (κ1) is 21.3. The number of nitrogens with zero attached hydrogens (tertiary/aromatic N) is 3. The molecule has 2 heterocycles. The Labute approximate surface area is 197 Å². The number of Topliss-reactive ketones (excluding diaryl/α,β-unsaturated/α-hetero) is 1. The van der Waals surface area contributed by atoms with E-state index in [1.807, 2.05) is 71.3 Å². The van der Waals surface area contributed by atoms with Crippen LogP contribution in [0.15, 0.2) is 85.1 Å². The van der Waals surface area contributed by atoms with Crippen LogP contribution in [0.5, 0.6) is 0 Å². The van der Waals surface area contributed by atoms with Crippen molar-refractivity contribution >= 4 is 39.9 Å². The van der Waals surface area contributed by atoms with Crippen LogP contribution in [0, 0.1) is 0 Å². The van der Waals surface area contributed by atoms with E-state index in [-0.39, 0.29) is 0 Å². The fraction of sp³-hybridized carbons (Fsp3) is 0.185. The molecule has 0 bridgehead atoms. The van der Waals surface area contributed by atoms with Crippen LogP contribution < -0.4 is 4.90 Å². The average molecular weight is 458 g/mol. The summed E-state index contributed by atoms with van der Waals surface area (Å²) in [4.78, 5) is 30.3. The Hall–Kier alpha value is -3.57. The molecule has 1 aromatic heterocycles. The van der Waals surface area contributed by atoms with Gasteiger partial charge in [0.2, 0.25) is 0 Å². The summed E-state index contributed by atoms with van der Waals surface area (Å²) in [6, 6.07) is 25.5. The Bertz CT molecular complexity index is 1310. The number of amides is 1. The number of ketones is 1.